The van der Waals surface area contributed by atoms with Crippen molar-refractivity contribution in [3.05, 3.63) is 41.0 Å². The van der Waals surface area contributed by atoms with Crippen LogP contribution in [0.25, 0.3) is 0 Å². The lowest BCUT2D eigenvalue weighted by Gasteiger charge is -2.34. The molecule has 1 heterocycles. The van der Waals surface area contributed by atoms with Gasteiger partial charge in [0.15, 0.2) is 0 Å². The normalized spacial score (nSPS) is 18.9. The maximum Gasteiger partial charge on any atom is 0.339 e. The lowest BCUT2D eigenvalue weighted by Crippen LogP contribution is -2.39. The van der Waals surface area contributed by atoms with Crippen molar-refractivity contribution in [2.75, 3.05) is 12.4 Å². The Bertz CT molecular complexity index is 759. The Morgan fingerprint density at radius 2 is 1.84 bits per heavy atom. The molecule has 6 nitrogen and oxygen atoms in total. The number of hydrogen-bond donors (Lipinski definition) is 1. The van der Waals surface area contributed by atoms with Crippen LogP contribution in [0.15, 0.2) is 35.4 Å². The van der Waals surface area contributed by atoms with Gasteiger partial charge in [-0.25, -0.2) is 9.59 Å². The minimum Gasteiger partial charge on any atom is -0.465 e. The summed E-state index contributed by atoms with van der Waals surface area (Å²) in [6.07, 6.45) is 4.19. The first-order chi connectivity index (χ1) is 12.0. The van der Waals surface area contributed by atoms with Crippen LogP contribution < -0.4 is 5.32 Å². The topological polar surface area (TPSA) is 81.7 Å². The highest BCUT2D eigenvalue weighted by molar-refractivity contribution is 6.14. The summed E-state index contributed by atoms with van der Waals surface area (Å²) in [5.74, 6) is -1.37. The average molecular weight is 343 g/mol. The number of benzene rings is 1. The molecule has 6 heteroatoms. The van der Waals surface area contributed by atoms with E-state index in [1.54, 1.807) is 31.2 Å². The number of rotatable bonds is 3. The van der Waals surface area contributed by atoms with E-state index in [1.165, 1.54) is 7.11 Å². The van der Waals surface area contributed by atoms with Gasteiger partial charge in [-0.3, -0.25) is 4.79 Å². The Kier molecular flexibility index (Phi) is 4.61. The van der Waals surface area contributed by atoms with E-state index >= 15 is 0 Å². The molecule has 3 rings (SSSR count). The van der Waals surface area contributed by atoms with E-state index in [0.29, 0.717) is 29.7 Å². The van der Waals surface area contributed by atoms with E-state index in [2.05, 4.69) is 5.32 Å². The Morgan fingerprint density at radius 1 is 1.16 bits per heavy atom. The van der Waals surface area contributed by atoms with Gasteiger partial charge < -0.3 is 14.8 Å². The summed E-state index contributed by atoms with van der Waals surface area (Å²) in [6, 6.07) is 6.62. The van der Waals surface area contributed by atoms with Crippen molar-refractivity contribution >= 4 is 23.5 Å². The van der Waals surface area contributed by atoms with Crippen LogP contribution in [-0.4, -0.2) is 30.6 Å². The van der Waals surface area contributed by atoms with Crippen LogP contribution in [-0.2, 0) is 19.1 Å². The van der Waals surface area contributed by atoms with Gasteiger partial charge in [0, 0.05) is 5.57 Å². The number of para-hydroxylation sites is 1. The molecule has 1 fully saturated rings. The second-order valence-electron chi connectivity index (χ2n) is 6.44. The standard InChI is InChI=1S/C19H21NO5/c1-12-15(19(25-17(12)22)10-6-3-7-11-19)16(21)20-14-9-5-4-8-13(14)18(23)24-2/h4-5,8-9H,3,6-7,10-11H2,1-2H3,(H,20,21). The van der Waals surface area contributed by atoms with Crippen molar-refractivity contribution in [3.8, 4) is 0 Å². The third-order valence-electron chi connectivity index (χ3n) is 4.89. The minimum absolute atomic E-state index is 0.263. The summed E-state index contributed by atoms with van der Waals surface area (Å²) in [7, 11) is 1.29. The average Bonchev–Trinajstić information content (AvgIpc) is 2.85. The zero-order valence-corrected chi connectivity index (χ0v) is 14.4. The summed E-state index contributed by atoms with van der Waals surface area (Å²) >= 11 is 0. The molecular weight excluding hydrogens is 322 g/mol. The fourth-order valence-electron chi connectivity index (χ4n) is 3.67. The summed E-state index contributed by atoms with van der Waals surface area (Å²) in [5.41, 5.74) is 0.514. The smallest absolute Gasteiger partial charge is 0.339 e. The second kappa shape index (κ2) is 6.70. The van der Waals surface area contributed by atoms with Crippen LogP contribution in [0.1, 0.15) is 49.4 Å². The molecule has 1 spiro atoms. The SMILES string of the molecule is COC(=O)c1ccccc1NC(=O)C1=C(C)C(=O)OC12CCCCC2. The number of ether oxygens (including phenoxy) is 2. The van der Waals surface area contributed by atoms with E-state index in [0.717, 1.165) is 19.3 Å². The van der Waals surface area contributed by atoms with E-state index < -0.39 is 23.4 Å². The number of amides is 1. The molecule has 1 aliphatic carbocycles. The van der Waals surface area contributed by atoms with E-state index in [4.69, 9.17) is 9.47 Å². The summed E-state index contributed by atoms with van der Waals surface area (Å²) in [5, 5.41) is 2.76. The molecule has 0 atom stereocenters. The maximum absolute atomic E-state index is 13.0. The van der Waals surface area contributed by atoms with Crippen molar-refractivity contribution in [2.24, 2.45) is 0 Å². The van der Waals surface area contributed by atoms with Gasteiger partial charge in [0.2, 0.25) is 0 Å². The highest BCUT2D eigenvalue weighted by atomic mass is 16.6. The molecule has 1 N–H and O–H groups in total. The van der Waals surface area contributed by atoms with Gasteiger partial charge in [-0.2, -0.15) is 0 Å². The lowest BCUT2D eigenvalue weighted by molar-refractivity contribution is -0.149. The molecular formula is C19H21NO5. The van der Waals surface area contributed by atoms with Crippen molar-refractivity contribution < 1.29 is 23.9 Å². The van der Waals surface area contributed by atoms with Gasteiger partial charge in [0.1, 0.15) is 5.60 Å². The summed E-state index contributed by atoms with van der Waals surface area (Å²) in [6.45, 7) is 1.62. The van der Waals surface area contributed by atoms with Crippen LogP contribution in [0.3, 0.4) is 0 Å². The first-order valence-corrected chi connectivity index (χ1v) is 8.42. The zero-order chi connectivity index (χ0) is 18.0. The first-order valence-electron chi connectivity index (χ1n) is 8.42. The third kappa shape index (κ3) is 3.04. The summed E-state index contributed by atoms with van der Waals surface area (Å²) < 4.78 is 10.4. The lowest BCUT2D eigenvalue weighted by atomic mass is 9.78. The highest BCUT2D eigenvalue weighted by Gasteiger charge is 2.49. The van der Waals surface area contributed by atoms with E-state index in [-0.39, 0.29) is 5.56 Å². The van der Waals surface area contributed by atoms with E-state index in [9.17, 15) is 14.4 Å². The molecule has 1 amide bonds. The van der Waals surface area contributed by atoms with Crippen LogP contribution in [0.4, 0.5) is 5.69 Å². The Balaban J connectivity index is 1.93. The Morgan fingerprint density at radius 3 is 2.52 bits per heavy atom. The van der Waals surface area contributed by atoms with Gasteiger partial charge >= 0.3 is 11.9 Å². The van der Waals surface area contributed by atoms with Crippen LogP contribution >= 0.6 is 0 Å². The van der Waals surface area contributed by atoms with Gasteiger partial charge in [-0.05, 0) is 44.7 Å². The first kappa shape index (κ1) is 17.2. The number of hydrogen-bond acceptors (Lipinski definition) is 5. The monoisotopic (exact) mass is 343 g/mol. The van der Waals surface area contributed by atoms with E-state index in [1.807, 2.05) is 0 Å². The van der Waals surface area contributed by atoms with Gasteiger partial charge in [0.05, 0.1) is 23.9 Å². The number of carbonyl (C=O) groups is 3. The highest BCUT2D eigenvalue weighted by Crippen LogP contribution is 2.44. The molecule has 1 aliphatic heterocycles. The fourth-order valence-corrected chi connectivity index (χ4v) is 3.67. The molecule has 1 saturated carbocycles. The van der Waals surface area contributed by atoms with Crippen LogP contribution in [0.5, 0.6) is 0 Å². The number of anilines is 1. The quantitative estimate of drug-likeness (QED) is 0.853. The van der Waals surface area contributed by atoms with Crippen molar-refractivity contribution in [1.82, 2.24) is 0 Å². The van der Waals surface area contributed by atoms with Gasteiger partial charge in [-0.15, -0.1) is 0 Å². The van der Waals surface area contributed by atoms with Crippen LogP contribution in [0.2, 0.25) is 0 Å². The predicted molar refractivity (Wildman–Crippen MR) is 91.0 cm³/mol. The van der Waals surface area contributed by atoms with Crippen molar-refractivity contribution in [2.45, 2.75) is 44.6 Å². The van der Waals surface area contributed by atoms with Crippen molar-refractivity contribution in [1.29, 1.82) is 0 Å². The molecule has 0 bridgehead atoms. The molecule has 0 radical (unpaired) electrons. The number of methoxy groups -OCH3 is 1. The minimum atomic E-state index is -0.830. The number of esters is 2. The molecule has 0 aromatic heterocycles. The molecule has 1 aromatic carbocycles. The molecule has 2 aliphatic rings. The summed E-state index contributed by atoms with van der Waals surface area (Å²) in [4.78, 5) is 36.9. The maximum atomic E-state index is 13.0. The van der Waals surface area contributed by atoms with Gasteiger partial charge in [0.25, 0.3) is 5.91 Å². The molecule has 132 valence electrons. The largest absolute Gasteiger partial charge is 0.465 e. The fraction of sp³-hybridized carbons (Fsp3) is 0.421. The molecule has 0 unspecified atom stereocenters. The molecule has 1 aromatic rings. The predicted octanol–water partition coefficient (Wildman–Crippen LogP) is 2.99. The van der Waals surface area contributed by atoms with Crippen molar-refractivity contribution in [3.63, 3.8) is 0 Å². The second-order valence-corrected chi connectivity index (χ2v) is 6.44. The van der Waals surface area contributed by atoms with Crippen LogP contribution in [0, 0.1) is 0 Å². The third-order valence-corrected chi connectivity index (χ3v) is 4.89. The number of nitrogens with one attached hydrogen (secondary N) is 1. The molecule has 0 saturated heterocycles. The Hall–Kier alpha value is -2.63. The van der Waals surface area contributed by atoms with Gasteiger partial charge in [-0.1, -0.05) is 18.6 Å². The Labute approximate surface area is 146 Å². The molecule has 25 heavy (non-hydrogen) atoms. The zero-order valence-electron chi connectivity index (χ0n) is 14.4. The number of carbonyl (C=O) groups excluding carboxylic acids is 3.